The molecule has 0 radical (unpaired) electrons. The predicted octanol–water partition coefficient (Wildman–Crippen LogP) is 1.54. The van der Waals surface area contributed by atoms with E-state index in [1.165, 1.54) is 0 Å². The first-order chi connectivity index (χ1) is 8.19. The first-order valence-electron chi connectivity index (χ1n) is 5.56. The minimum atomic E-state index is 0.396. The molecule has 0 atom stereocenters. The zero-order chi connectivity index (χ0) is 12.3. The van der Waals surface area contributed by atoms with Gasteiger partial charge in [-0.15, -0.1) is 0 Å². The van der Waals surface area contributed by atoms with E-state index >= 15 is 0 Å². The molecule has 1 heterocycles. The van der Waals surface area contributed by atoms with E-state index in [0.29, 0.717) is 12.3 Å². The number of ether oxygens (including phenoxy) is 1. The van der Waals surface area contributed by atoms with Crippen LogP contribution in [0.4, 0.5) is 5.69 Å². The van der Waals surface area contributed by atoms with Gasteiger partial charge in [-0.3, -0.25) is 0 Å². The summed E-state index contributed by atoms with van der Waals surface area (Å²) in [5, 5.41) is 4.26. The van der Waals surface area contributed by atoms with Crippen molar-refractivity contribution in [3.05, 3.63) is 35.9 Å². The number of nitrogens with two attached hydrogens (primary N) is 1. The lowest BCUT2D eigenvalue weighted by Gasteiger charge is -2.05. The van der Waals surface area contributed by atoms with Crippen molar-refractivity contribution >= 4 is 5.69 Å². The smallest absolute Gasteiger partial charge is 0.164 e. The van der Waals surface area contributed by atoms with Crippen LogP contribution < -0.4 is 10.5 Å². The van der Waals surface area contributed by atoms with Crippen molar-refractivity contribution in [2.24, 2.45) is 7.05 Å². The minimum absolute atomic E-state index is 0.396. The zero-order valence-corrected chi connectivity index (χ0v) is 10.1. The number of hydrogen-bond donors (Lipinski definition) is 1. The van der Waals surface area contributed by atoms with Crippen molar-refractivity contribution in [3.8, 4) is 5.75 Å². The average Bonchev–Trinajstić information content (AvgIpc) is 2.68. The van der Waals surface area contributed by atoms with Crippen LogP contribution >= 0.6 is 0 Å². The molecule has 2 N–H and O–H groups in total. The number of anilines is 1. The van der Waals surface area contributed by atoms with Gasteiger partial charge in [-0.05, 0) is 12.1 Å². The van der Waals surface area contributed by atoms with Gasteiger partial charge in [0.25, 0.3) is 0 Å². The molecular formula is C12H16N4O. The molecule has 2 aromatic rings. The number of aryl methyl sites for hydroxylation is 2. The van der Waals surface area contributed by atoms with Crippen molar-refractivity contribution < 1.29 is 4.74 Å². The quantitative estimate of drug-likeness (QED) is 0.812. The minimum Gasteiger partial charge on any atom is -0.486 e. The molecule has 0 saturated heterocycles. The third-order valence-corrected chi connectivity index (χ3v) is 2.44. The van der Waals surface area contributed by atoms with Crippen LogP contribution in [-0.2, 0) is 20.1 Å². The molecule has 0 saturated carbocycles. The number of nitrogen functional groups attached to an aromatic ring is 1. The van der Waals surface area contributed by atoms with Gasteiger partial charge in [-0.2, -0.15) is 5.10 Å². The van der Waals surface area contributed by atoms with Gasteiger partial charge in [0.1, 0.15) is 12.4 Å². The van der Waals surface area contributed by atoms with Gasteiger partial charge < -0.3 is 10.5 Å². The largest absolute Gasteiger partial charge is 0.486 e. The second-order valence-corrected chi connectivity index (χ2v) is 3.78. The Hall–Kier alpha value is -2.04. The second-order valence-electron chi connectivity index (χ2n) is 3.78. The van der Waals surface area contributed by atoms with E-state index in [0.717, 1.165) is 23.8 Å². The Kier molecular flexibility index (Phi) is 3.27. The van der Waals surface area contributed by atoms with Crippen molar-refractivity contribution in [2.45, 2.75) is 20.0 Å². The SMILES string of the molecule is CCc1nc(COc2cccc(N)c2)n(C)n1. The Morgan fingerprint density at radius 2 is 2.24 bits per heavy atom. The molecule has 0 aliphatic rings. The summed E-state index contributed by atoms with van der Waals surface area (Å²) in [6.45, 7) is 2.42. The fourth-order valence-electron chi connectivity index (χ4n) is 1.50. The molecule has 0 amide bonds. The van der Waals surface area contributed by atoms with Crippen LogP contribution in [0.2, 0.25) is 0 Å². The summed E-state index contributed by atoms with van der Waals surface area (Å²) in [6.07, 6.45) is 0.826. The van der Waals surface area contributed by atoms with Crippen LogP contribution in [0.25, 0.3) is 0 Å². The highest BCUT2D eigenvalue weighted by atomic mass is 16.5. The normalized spacial score (nSPS) is 10.5. The van der Waals surface area contributed by atoms with E-state index in [-0.39, 0.29) is 0 Å². The molecule has 1 aromatic carbocycles. The molecule has 5 heteroatoms. The van der Waals surface area contributed by atoms with Crippen LogP contribution in [0.3, 0.4) is 0 Å². The topological polar surface area (TPSA) is 66.0 Å². The monoisotopic (exact) mass is 232 g/mol. The molecule has 0 unspecified atom stereocenters. The van der Waals surface area contributed by atoms with Crippen LogP contribution in [0.5, 0.6) is 5.75 Å². The Balaban J connectivity index is 2.04. The Morgan fingerprint density at radius 3 is 2.88 bits per heavy atom. The first kappa shape index (κ1) is 11.4. The van der Waals surface area contributed by atoms with Gasteiger partial charge in [0, 0.05) is 25.2 Å². The maximum atomic E-state index is 5.67. The van der Waals surface area contributed by atoms with Crippen molar-refractivity contribution in [2.75, 3.05) is 5.73 Å². The molecule has 0 bridgehead atoms. The number of hydrogen-bond acceptors (Lipinski definition) is 4. The number of nitrogens with zero attached hydrogens (tertiary/aromatic N) is 3. The molecule has 90 valence electrons. The molecule has 17 heavy (non-hydrogen) atoms. The van der Waals surface area contributed by atoms with Crippen LogP contribution in [0.15, 0.2) is 24.3 Å². The number of benzene rings is 1. The van der Waals surface area contributed by atoms with Gasteiger partial charge in [0.2, 0.25) is 0 Å². The highest BCUT2D eigenvalue weighted by molar-refractivity contribution is 5.43. The summed E-state index contributed by atoms with van der Waals surface area (Å²) in [5.74, 6) is 2.38. The van der Waals surface area contributed by atoms with Gasteiger partial charge in [-0.25, -0.2) is 9.67 Å². The van der Waals surface area contributed by atoms with E-state index in [4.69, 9.17) is 10.5 Å². The molecule has 0 aliphatic carbocycles. The van der Waals surface area contributed by atoms with Crippen LogP contribution in [0, 0.1) is 0 Å². The van der Waals surface area contributed by atoms with E-state index in [2.05, 4.69) is 10.1 Å². The summed E-state index contributed by atoms with van der Waals surface area (Å²) in [5.41, 5.74) is 6.36. The summed E-state index contributed by atoms with van der Waals surface area (Å²) in [4.78, 5) is 4.36. The van der Waals surface area contributed by atoms with Crippen LogP contribution in [-0.4, -0.2) is 14.8 Å². The van der Waals surface area contributed by atoms with E-state index < -0.39 is 0 Å². The van der Waals surface area contributed by atoms with E-state index in [9.17, 15) is 0 Å². The van der Waals surface area contributed by atoms with Crippen molar-refractivity contribution in [1.29, 1.82) is 0 Å². The van der Waals surface area contributed by atoms with Crippen LogP contribution in [0.1, 0.15) is 18.6 Å². The summed E-state index contributed by atoms with van der Waals surface area (Å²) >= 11 is 0. The Labute approximate surface area is 100 Å². The lowest BCUT2D eigenvalue weighted by atomic mass is 10.3. The van der Waals surface area contributed by atoms with Gasteiger partial charge >= 0.3 is 0 Å². The maximum absolute atomic E-state index is 5.67. The lowest BCUT2D eigenvalue weighted by Crippen LogP contribution is -2.04. The molecule has 2 rings (SSSR count). The predicted molar refractivity (Wildman–Crippen MR) is 65.6 cm³/mol. The van der Waals surface area contributed by atoms with E-state index in [1.54, 1.807) is 10.7 Å². The molecule has 0 spiro atoms. The van der Waals surface area contributed by atoms with Gasteiger partial charge in [0.15, 0.2) is 11.6 Å². The molecule has 0 aliphatic heterocycles. The van der Waals surface area contributed by atoms with Crippen molar-refractivity contribution in [3.63, 3.8) is 0 Å². The molecule has 5 nitrogen and oxygen atoms in total. The summed E-state index contributed by atoms with van der Waals surface area (Å²) in [7, 11) is 1.87. The lowest BCUT2D eigenvalue weighted by molar-refractivity contribution is 0.290. The number of aromatic nitrogens is 3. The summed E-state index contributed by atoms with van der Waals surface area (Å²) < 4.78 is 7.35. The fourth-order valence-corrected chi connectivity index (χ4v) is 1.50. The molecule has 0 fully saturated rings. The van der Waals surface area contributed by atoms with Gasteiger partial charge in [-0.1, -0.05) is 13.0 Å². The van der Waals surface area contributed by atoms with Gasteiger partial charge in [0.05, 0.1) is 0 Å². The highest BCUT2D eigenvalue weighted by Crippen LogP contribution is 2.15. The highest BCUT2D eigenvalue weighted by Gasteiger charge is 2.06. The molecular weight excluding hydrogens is 216 g/mol. The number of rotatable bonds is 4. The third kappa shape index (κ3) is 2.75. The molecule has 1 aromatic heterocycles. The standard InChI is InChI=1S/C12H16N4O/c1-3-11-14-12(16(2)15-11)8-17-10-6-4-5-9(13)7-10/h4-7H,3,8,13H2,1-2H3. The van der Waals surface area contributed by atoms with E-state index in [1.807, 2.05) is 32.2 Å². The Morgan fingerprint density at radius 1 is 1.41 bits per heavy atom. The second kappa shape index (κ2) is 4.86. The fraction of sp³-hybridized carbons (Fsp3) is 0.333. The van der Waals surface area contributed by atoms with Crippen molar-refractivity contribution in [1.82, 2.24) is 14.8 Å². The summed E-state index contributed by atoms with van der Waals surface area (Å²) in [6, 6.07) is 7.34. The third-order valence-electron chi connectivity index (χ3n) is 2.44. The zero-order valence-electron chi connectivity index (χ0n) is 10.1. The maximum Gasteiger partial charge on any atom is 0.164 e. The first-order valence-corrected chi connectivity index (χ1v) is 5.56. The average molecular weight is 232 g/mol. The Bertz CT molecular complexity index is 507.